The fraction of sp³-hybridized carbons (Fsp3) is 0.333. The third kappa shape index (κ3) is 2.19. The van der Waals surface area contributed by atoms with Gasteiger partial charge in [0.05, 0.1) is 12.3 Å². The molecular weight excluding hydrogens is 216 g/mol. The molecule has 2 heterocycles. The molecule has 0 radical (unpaired) electrons. The van der Waals surface area contributed by atoms with Crippen molar-refractivity contribution < 1.29 is 4.74 Å². The van der Waals surface area contributed by atoms with Crippen LogP contribution in [0, 0.1) is 0 Å². The molecule has 0 amide bonds. The van der Waals surface area contributed by atoms with Crippen molar-refractivity contribution in [2.45, 2.75) is 0 Å². The van der Waals surface area contributed by atoms with Crippen LogP contribution in [0.2, 0.25) is 5.15 Å². The monoisotopic (exact) mass is 226 g/mol. The zero-order valence-corrected chi connectivity index (χ0v) is 9.03. The Bertz CT molecular complexity index is 456. The van der Waals surface area contributed by atoms with Crippen LogP contribution in [0.15, 0.2) is 18.5 Å². The first-order chi connectivity index (χ1) is 7.31. The second kappa shape index (κ2) is 4.46. The molecule has 6 heteroatoms. The highest BCUT2D eigenvalue weighted by Crippen LogP contribution is 2.17. The van der Waals surface area contributed by atoms with Crippen molar-refractivity contribution in [3.63, 3.8) is 0 Å². The molecule has 80 valence electrons. The molecular formula is C9H11ClN4O. The molecule has 0 aliphatic heterocycles. The zero-order chi connectivity index (χ0) is 10.7. The van der Waals surface area contributed by atoms with Crippen LogP contribution in [0.4, 0.5) is 5.69 Å². The van der Waals surface area contributed by atoms with Gasteiger partial charge in [-0.3, -0.25) is 0 Å². The van der Waals surface area contributed by atoms with E-state index in [9.17, 15) is 0 Å². The lowest BCUT2D eigenvalue weighted by Crippen LogP contribution is -2.09. The molecule has 0 aromatic carbocycles. The quantitative estimate of drug-likeness (QED) is 0.802. The molecule has 2 aromatic rings. The molecule has 0 spiro atoms. The molecule has 2 aromatic heterocycles. The van der Waals surface area contributed by atoms with E-state index < -0.39 is 0 Å². The summed E-state index contributed by atoms with van der Waals surface area (Å²) >= 11 is 5.86. The van der Waals surface area contributed by atoms with Crippen LogP contribution in [-0.4, -0.2) is 34.9 Å². The Morgan fingerprint density at radius 1 is 1.60 bits per heavy atom. The highest BCUT2D eigenvalue weighted by atomic mass is 35.5. The van der Waals surface area contributed by atoms with Gasteiger partial charge >= 0.3 is 0 Å². The summed E-state index contributed by atoms with van der Waals surface area (Å²) in [5.41, 5.74) is 1.62. The summed E-state index contributed by atoms with van der Waals surface area (Å²) in [6, 6.07) is 1.75. The van der Waals surface area contributed by atoms with E-state index in [1.807, 2.05) is 0 Å². The van der Waals surface area contributed by atoms with Gasteiger partial charge in [-0.05, 0) is 0 Å². The van der Waals surface area contributed by atoms with Crippen LogP contribution in [0.1, 0.15) is 0 Å². The fourth-order valence-corrected chi connectivity index (χ4v) is 1.49. The molecule has 0 saturated carbocycles. The first-order valence-corrected chi connectivity index (χ1v) is 4.92. The zero-order valence-electron chi connectivity index (χ0n) is 8.27. The lowest BCUT2D eigenvalue weighted by atomic mass is 10.4. The van der Waals surface area contributed by atoms with Gasteiger partial charge in [0.15, 0.2) is 10.8 Å². The Labute approximate surface area is 92.0 Å². The number of methoxy groups -OCH3 is 1. The van der Waals surface area contributed by atoms with Gasteiger partial charge in [0.2, 0.25) is 0 Å². The van der Waals surface area contributed by atoms with Crippen molar-refractivity contribution in [2.24, 2.45) is 0 Å². The van der Waals surface area contributed by atoms with Gasteiger partial charge in [-0.1, -0.05) is 11.6 Å². The third-order valence-electron chi connectivity index (χ3n) is 1.95. The molecule has 0 atom stereocenters. The van der Waals surface area contributed by atoms with E-state index in [0.29, 0.717) is 18.3 Å². The number of hydrogen-bond donors (Lipinski definition) is 1. The summed E-state index contributed by atoms with van der Waals surface area (Å²) < 4.78 is 6.59. The summed E-state index contributed by atoms with van der Waals surface area (Å²) in [7, 11) is 1.66. The molecule has 0 saturated heterocycles. The van der Waals surface area contributed by atoms with Crippen LogP contribution in [-0.2, 0) is 4.74 Å². The Morgan fingerprint density at radius 2 is 2.47 bits per heavy atom. The molecule has 2 rings (SSSR count). The average Bonchev–Trinajstić information content (AvgIpc) is 2.65. The van der Waals surface area contributed by atoms with Crippen LogP contribution in [0.5, 0.6) is 0 Å². The van der Waals surface area contributed by atoms with Crippen molar-refractivity contribution in [1.82, 2.24) is 14.6 Å². The number of fused-ring (bicyclic) bond motifs is 1. The number of anilines is 1. The molecule has 5 nitrogen and oxygen atoms in total. The maximum absolute atomic E-state index is 5.86. The van der Waals surface area contributed by atoms with Gasteiger partial charge < -0.3 is 10.1 Å². The SMILES string of the molecule is COCCNc1cc(Cl)nn2ccnc12. The second-order valence-electron chi connectivity index (χ2n) is 3.00. The largest absolute Gasteiger partial charge is 0.383 e. The van der Waals surface area contributed by atoms with Gasteiger partial charge in [0.1, 0.15) is 0 Å². The number of imidazole rings is 1. The Balaban J connectivity index is 2.27. The number of hydrogen-bond acceptors (Lipinski definition) is 4. The molecule has 0 fully saturated rings. The van der Waals surface area contributed by atoms with Crippen LogP contribution in [0.25, 0.3) is 5.65 Å². The minimum absolute atomic E-state index is 0.431. The molecule has 0 aliphatic rings. The molecule has 0 bridgehead atoms. The molecule has 0 aliphatic carbocycles. The molecule has 15 heavy (non-hydrogen) atoms. The van der Waals surface area contributed by atoms with E-state index in [0.717, 1.165) is 11.3 Å². The van der Waals surface area contributed by atoms with Crippen LogP contribution < -0.4 is 5.32 Å². The fourth-order valence-electron chi connectivity index (χ4n) is 1.30. The van der Waals surface area contributed by atoms with Crippen molar-refractivity contribution >= 4 is 22.9 Å². The normalized spacial score (nSPS) is 10.8. The van der Waals surface area contributed by atoms with E-state index in [1.54, 1.807) is 30.1 Å². The highest BCUT2D eigenvalue weighted by Gasteiger charge is 2.04. The Hall–Kier alpha value is -1.33. The predicted octanol–water partition coefficient (Wildman–Crippen LogP) is 1.44. The number of nitrogens with one attached hydrogen (secondary N) is 1. The number of ether oxygens (including phenoxy) is 1. The summed E-state index contributed by atoms with van der Waals surface area (Å²) in [6.07, 6.45) is 3.43. The van der Waals surface area contributed by atoms with Crippen molar-refractivity contribution in [2.75, 3.05) is 25.6 Å². The lowest BCUT2D eigenvalue weighted by molar-refractivity contribution is 0.211. The Morgan fingerprint density at radius 3 is 3.27 bits per heavy atom. The van der Waals surface area contributed by atoms with Crippen LogP contribution in [0.3, 0.4) is 0 Å². The van der Waals surface area contributed by atoms with Gasteiger partial charge in [-0.2, -0.15) is 5.10 Å². The van der Waals surface area contributed by atoms with Crippen molar-refractivity contribution in [3.05, 3.63) is 23.6 Å². The molecule has 1 N–H and O–H groups in total. The third-order valence-corrected chi connectivity index (χ3v) is 2.14. The smallest absolute Gasteiger partial charge is 0.177 e. The number of halogens is 1. The Kier molecular flexibility index (Phi) is 3.03. The lowest BCUT2D eigenvalue weighted by Gasteiger charge is -2.06. The van der Waals surface area contributed by atoms with E-state index in [4.69, 9.17) is 16.3 Å². The number of aromatic nitrogens is 3. The highest BCUT2D eigenvalue weighted by molar-refractivity contribution is 6.29. The summed E-state index contributed by atoms with van der Waals surface area (Å²) in [6.45, 7) is 1.34. The minimum atomic E-state index is 0.431. The number of rotatable bonds is 4. The average molecular weight is 227 g/mol. The van der Waals surface area contributed by atoms with Crippen molar-refractivity contribution in [3.8, 4) is 0 Å². The summed E-state index contributed by atoms with van der Waals surface area (Å²) in [4.78, 5) is 4.18. The van der Waals surface area contributed by atoms with Gasteiger partial charge in [-0.25, -0.2) is 9.50 Å². The summed E-state index contributed by atoms with van der Waals surface area (Å²) in [5.74, 6) is 0. The van der Waals surface area contributed by atoms with Gasteiger partial charge in [0, 0.05) is 32.1 Å². The predicted molar refractivity (Wildman–Crippen MR) is 58.4 cm³/mol. The van der Waals surface area contributed by atoms with E-state index in [-0.39, 0.29) is 0 Å². The molecule has 0 unspecified atom stereocenters. The van der Waals surface area contributed by atoms with Gasteiger partial charge in [-0.15, -0.1) is 0 Å². The maximum Gasteiger partial charge on any atom is 0.177 e. The number of nitrogens with zero attached hydrogens (tertiary/aromatic N) is 3. The van der Waals surface area contributed by atoms with Crippen LogP contribution >= 0.6 is 11.6 Å². The standard InChI is InChI=1S/C9H11ClN4O/c1-15-5-3-11-7-6-8(10)13-14-4-2-12-9(7)14/h2,4,6,11H,3,5H2,1H3. The van der Waals surface area contributed by atoms with Gasteiger partial charge in [0.25, 0.3) is 0 Å². The second-order valence-corrected chi connectivity index (χ2v) is 3.38. The van der Waals surface area contributed by atoms with E-state index in [1.165, 1.54) is 0 Å². The maximum atomic E-state index is 5.86. The minimum Gasteiger partial charge on any atom is -0.383 e. The van der Waals surface area contributed by atoms with E-state index >= 15 is 0 Å². The topological polar surface area (TPSA) is 51.5 Å². The first-order valence-electron chi connectivity index (χ1n) is 4.54. The van der Waals surface area contributed by atoms with Crippen molar-refractivity contribution in [1.29, 1.82) is 0 Å². The van der Waals surface area contributed by atoms with E-state index in [2.05, 4.69) is 15.4 Å². The first kappa shape index (κ1) is 10.2. The summed E-state index contributed by atoms with van der Waals surface area (Å²) in [5, 5.41) is 7.69.